The number of hydrogen-bond donors (Lipinski definition) is 3. The number of aromatic nitrogens is 1. The minimum absolute atomic E-state index is 0.0728. The van der Waals surface area contributed by atoms with Crippen LogP contribution in [0.1, 0.15) is 12.5 Å². The molecule has 0 aliphatic heterocycles. The predicted molar refractivity (Wildman–Crippen MR) is 105 cm³/mol. The van der Waals surface area contributed by atoms with Crippen molar-refractivity contribution >= 4 is 34.2 Å². The first-order valence-corrected chi connectivity index (χ1v) is 8.66. The van der Waals surface area contributed by atoms with Gasteiger partial charge in [0, 0.05) is 30.7 Å². The van der Waals surface area contributed by atoms with Gasteiger partial charge in [-0.1, -0.05) is 12.1 Å². The van der Waals surface area contributed by atoms with Crippen LogP contribution < -0.4 is 20.7 Å². The number of amides is 3. The van der Waals surface area contributed by atoms with Crippen molar-refractivity contribution < 1.29 is 23.1 Å². The van der Waals surface area contributed by atoms with Gasteiger partial charge in [0.2, 0.25) is 5.91 Å². The van der Waals surface area contributed by atoms with Gasteiger partial charge in [0.05, 0.1) is 5.69 Å². The molecular weight excluding hydrogens is 382 g/mol. The zero-order valence-electron chi connectivity index (χ0n) is 15.4. The van der Waals surface area contributed by atoms with Crippen molar-refractivity contribution in [2.45, 2.75) is 20.1 Å². The number of hydrogen-bond acceptors (Lipinski definition) is 4. The summed E-state index contributed by atoms with van der Waals surface area (Å²) >= 11 is 0. The lowest BCUT2D eigenvalue weighted by Gasteiger charge is -2.13. The molecule has 0 radical (unpaired) electrons. The quantitative estimate of drug-likeness (QED) is 0.580. The summed E-state index contributed by atoms with van der Waals surface area (Å²) in [5, 5.41) is 8.52. The van der Waals surface area contributed by atoms with Crippen LogP contribution in [-0.2, 0) is 11.3 Å². The molecule has 3 amide bonds. The molecule has 2 aromatic carbocycles. The van der Waals surface area contributed by atoms with E-state index in [1.807, 2.05) is 0 Å². The average molecular weight is 400 g/mol. The maximum absolute atomic E-state index is 12.6. The van der Waals surface area contributed by atoms with Crippen LogP contribution in [0.15, 0.2) is 54.7 Å². The molecule has 3 aromatic rings. The predicted octanol–water partition coefficient (Wildman–Crippen LogP) is 4.12. The molecule has 29 heavy (non-hydrogen) atoms. The highest BCUT2D eigenvalue weighted by Gasteiger charge is 2.13. The highest BCUT2D eigenvalue weighted by atomic mass is 19.3. The summed E-state index contributed by atoms with van der Waals surface area (Å²) in [7, 11) is 0. The summed E-state index contributed by atoms with van der Waals surface area (Å²) in [5.41, 5.74) is 2.04. The molecule has 150 valence electrons. The summed E-state index contributed by atoms with van der Waals surface area (Å²) in [5.74, 6) is -0.260. The van der Waals surface area contributed by atoms with E-state index in [9.17, 15) is 18.4 Å². The molecule has 0 spiro atoms. The van der Waals surface area contributed by atoms with Crippen LogP contribution in [0.3, 0.4) is 0 Å². The third-order valence-corrected chi connectivity index (χ3v) is 3.90. The molecule has 0 aliphatic rings. The number of carbonyl (C=O) groups is 2. The number of nitrogens with zero attached hydrogens (tertiary/aromatic N) is 1. The molecule has 0 aliphatic carbocycles. The number of alkyl halides is 2. The molecule has 0 saturated heterocycles. The van der Waals surface area contributed by atoms with E-state index in [0.717, 1.165) is 5.56 Å². The molecule has 1 heterocycles. The summed E-state index contributed by atoms with van der Waals surface area (Å²) in [6.45, 7) is -1.34. The molecule has 9 heteroatoms. The highest BCUT2D eigenvalue weighted by molar-refractivity contribution is 6.02. The number of ether oxygens (including phenoxy) is 1. The van der Waals surface area contributed by atoms with Gasteiger partial charge in [0.15, 0.2) is 5.75 Å². The van der Waals surface area contributed by atoms with Crippen LogP contribution in [0.25, 0.3) is 10.9 Å². The Bertz CT molecular complexity index is 1040. The first kappa shape index (κ1) is 20.0. The normalized spacial score (nSPS) is 10.6. The van der Waals surface area contributed by atoms with E-state index in [2.05, 4.69) is 25.7 Å². The Balaban J connectivity index is 1.70. The zero-order chi connectivity index (χ0) is 20.8. The maximum Gasteiger partial charge on any atom is 0.387 e. The van der Waals surface area contributed by atoms with Gasteiger partial charge in [0.25, 0.3) is 0 Å². The SMILES string of the molecule is CC(=O)Nc1cccc(CNC(=O)Nc2ccc(OC(F)F)c3ncccc23)c1. The first-order valence-electron chi connectivity index (χ1n) is 8.66. The van der Waals surface area contributed by atoms with E-state index in [1.165, 1.54) is 25.3 Å². The lowest BCUT2D eigenvalue weighted by atomic mass is 10.1. The lowest BCUT2D eigenvalue weighted by molar-refractivity contribution is -0.114. The van der Waals surface area contributed by atoms with Crippen molar-refractivity contribution in [1.82, 2.24) is 10.3 Å². The third kappa shape index (κ3) is 5.38. The van der Waals surface area contributed by atoms with Crippen LogP contribution in [0, 0.1) is 0 Å². The monoisotopic (exact) mass is 400 g/mol. The summed E-state index contributed by atoms with van der Waals surface area (Å²) in [6, 6.07) is 12.7. The summed E-state index contributed by atoms with van der Waals surface area (Å²) in [4.78, 5) is 27.5. The Morgan fingerprint density at radius 3 is 2.69 bits per heavy atom. The van der Waals surface area contributed by atoms with Gasteiger partial charge >= 0.3 is 12.6 Å². The van der Waals surface area contributed by atoms with Crippen LogP contribution in [-0.4, -0.2) is 23.5 Å². The second kappa shape index (κ2) is 8.96. The number of nitrogens with one attached hydrogen (secondary N) is 3. The van der Waals surface area contributed by atoms with E-state index >= 15 is 0 Å². The number of urea groups is 1. The van der Waals surface area contributed by atoms with Crippen molar-refractivity contribution in [3.63, 3.8) is 0 Å². The molecule has 0 atom stereocenters. The molecule has 0 unspecified atom stereocenters. The molecular formula is C20H18F2N4O3. The van der Waals surface area contributed by atoms with Gasteiger partial charge in [-0.15, -0.1) is 0 Å². The smallest absolute Gasteiger partial charge is 0.387 e. The molecule has 3 rings (SSSR count). The van der Waals surface area contributed by atoms with Crippen molar-refractivity contribution in [2.75, 3.05) is 10.6 Å². The molecule has 0 saturated carbocycles. The number of pyridine rings is 1. The van der Waals surface area contributed by atoms with Gasteiger partial charge in [-0.3, -0.25) is 9.78 Å². The minimum atomic E-state index is -2.98. The summed E-state index contributed by atoms with van der Waals surface area (Å²) in [6.07, 6.45) is 1.45. The fourth-order valence-corrected chi connectivity index (χ4v) is 2.76. The fraction of sp³-hybridized carbons (Fsp3) is 0.150. The van der Waals surface area contributed by atoms with E-state index in [1.54, 1.807) is 36.4 Å². The number of halogens is 2. The van der Waals surface area contributed by atoms with Gasteiger partial charge in [-0.25, -0.2) is 4.79 Å². The Labute approximate surface area is 165 Å². The van der Waals surface area contributed by atoms with Crippen molar-refractivity contribution in [3.8, 4) is 5.75 Å². The average Bonchev–Trinajstić information content (AvgIpc) is 2.68. The first-order chi connectivity index (χ1) is 13.9. The highest BCUT2D eigenvalue weighted by Crippen LogP contribution is 2.30. The zero-order valence-corrected chi connectivity index (χ0v) is 15.4. The number of rotatable bonds is 6. The number of carbonyl (C=O) groups excluding carboxylic acids is 2. The largest absolute Gasteiger partial charge is 0.432 e. The third-order valence-electron chi connectivity index (χ3n) is 3.90. The summed E-state index contributed by atoms with van der Waals surface area (Å²) < 4.78 is 29.6. The van der Waals surface area contributed by atoms with E-state index < -0.39 is 12.6 Å². The van der Waals surface area contributed by atoms with Crippen molar-refractivity contribution in [3.05, 3.63) is 60.3 Å². The van der Waals surface area contributed by atoms with Crippen molar-refractivity contribution in [1.29, 1.82) is 0 Å². The minimum Gasteiger partial charge on any atom is -0.432 e. The van der Waals surface area contributed by atoms with E-state index in [4.69, 9.17) is 0 Å². The van der Waals surface area contributed by atoms with Gasteiger partial charge in [-0.2, -0.15) is 8.78 Å². The van der Waals surface area contributed by atoms with Gasteiger partial charge in [-0.05, 0) is 42.0 Å². The molecule has 1 aromatic heterocycles. The van der Waals surface area contributed by atoms with Gasteiger partial charge < -0.3 is 20.7 Å². The second-order valence-corrected chi connectivity index (χ2v) is 6.08. The Morgan fingerprint density at radius 2 is 1.93 bits per heavy atom. The van der Waals surface area contributed by atoms with Crippen LogP contribution in [0.2, 0.25) is 0 Å². The van der Waals surface area contributed by atoms with Crippen molar-refractivity contribution in [2.24, 2.45) is 0 Å². The molecule has 0 bridgehead atoms. The Kier molecular flexibility index (Phi) is 6.18. The second-order valence-electron chi connectivity index (χ2n) is 6.08. The van der Waals surface area contributed by atoms with E-state index in [0.29, 0.717) is 16.8 Å². The topological polar surface area (TPSA) is 92.4 Å². The molecule has 0 fully saturated rings. The van der Waals surface area contributed by atoms with Crippen LogP contribution in [0.5, 0.6) is 5.75 Å². The fourth-order valence-electron chi connectivity index (χ4n) is 2.76. The molecule has 3 N–H and O–H groups in total. The van der Waals surface area contributed by atoms with E-state index in [-0.39, 0.29) is 23.7 Å². The lowest BCUT2D eigenvalue weighted by Crippen LogP contribution is -2.28. The van der Waals surface area contributed by atoms with Crippen LogP contribution >= 0.6 is 0 Å². The Hall–Kier alpha value is -3.75. The van der Waals surface area contributed by atoms with Gasteiger partial charge in [0.1, 0.15) is 5.52 Å². The standard InChI is InChI=1S/C20H18F2N4O3/c1-12(27)25-14-5-2-4-13(10-14)11-24-20(28)26-16-7-8-17(29-19(21)22)18-15(16)6-3-9-23-18/h2-10,19H,11H2,1H3,(H,25,27)(H2,24,26,28). The van der Waals surface area contributed by atoms with Crippen LogP contribution in [0.4, 0.5) is 25.0 Å². The number of anilines is 2. The number of benzene rings is 2. The maximum atomic E-state index is 12.6. The molecule has 7 nitrogen and oxygen atoms in total. The number of fused-ring (bicyclic) bond motifs is 1. The Morgan fingerprint density at radius 1 is 1.10 bits per heavy atom.